The van der Waals surface area contributed by atoms with Crippen LogP contribution < -0.4 is 0 Å². The van der Waals surface area contributed by atoms with Crippen molar-refractivity contribution in [1.82, 2.24) is 14.7 Å². The van der Waals surface area contributed by atoms with Gasteiger partial charge >= 0.3 is 0 Å². The monoisotopic (exact) mass is 508 g/mol. The van der Waals surface area contributed by atoms with Crippen molar-refractivity contribution >= 4 is 0 Å². The lowest BCUT2D eigenvalue weighted by molar-refractivity contribution is 0.177. The normalized spacial score (nSPS) is 17.8. The fraction of sp³-hybridized carbons (Fsp3) is 1.00. The lowest BCUT2D eigenvalue weighted by Crippen LogP contribution is -2.37. The van der Waals surface area contributed by atoms with Crippen molar-refractivity contribution in [2.24, 2.45) is 0 Å². The van der Waals surface area contributed by atoms with Gasteiger partial charge in [-0.2, -0.15) is 0 Å². The topological polar surface area (TPSA) is 9.72 Å². The molecule has 0 bridgehead atoms. The minimum Gasteiger partial charge on any atom is -0.303 e. The van der Waals surface area contributed by atoms with Gasteiger partial charge in [-0.1, -0.05) is 117 Å². The van der Waals surface area contributed by atoms with Crippen LogP contribution in [0.3, 0.4) is 0 Å². The molecule has 3 nitrogen and oxygen atoms in total. The van der Waals surface area contributed by atoms with E-state index in [4.69, 9.17) is 0 Å². The number of hydrogen-bond donors (Lipinski definition) is 0. The summed E-state index contributed by atoms with van der Waals surface area (Å²) in [5.74, 6) is 0. The highest BCUT2D eigenvalue weighted by atomic mass is 15.2. The van der Waals surface area contributed by atoms with Crippen LogP contribution in [-0.2, 0) is 0 Å². The Bertz CT molecular complexity index is 353. The lowest BCUT2D eigenvalue weighted by atomic mass is 10.1. The third kappa shape index (κ3) is 20.9. The van der Waals surface area contributed by atoms with Crippen molar-refractivity contribution in [3.05, 3.63) is 0 Å². The molecule has 0 aromatic rings. The Morgan fingerprint density at radius 3 is 0.778 bits per heavy atom. The summed E-state index contributed by atoms with van der Waals surface area (Å²) in [6.45, 7) is 18.9. The molecule has 1 aliphatic heterocycles. The van der Waals surface area contributed by atoms with Crippen molar-refractivity contribution in [2.75, 3.05) is 58.9 Å². The van der Waals surface area contributed by atoms with Gasteiger partial charge in [-0.15, -0.1) is 0 Å². The van der Waals surface area contributed by atoms with Gasteiger partial charge in [-0.05, 0) is 97.4 Å². The Labute approximate surface area is 229 Å². The van der Waals surface area contributed by atoms with E-state index in [1.807, 2.05) is 0 Å². The molecule has 36 heavy (non-hydrogen) atoms. The average molecular weight is 508 g/mol. The van der Waals surface area contributed by atoms with Crippen LogP contribution in [0.4, 0.5) is 0 Å². The molecule has 0 saturated carbocycles. The van der Waals surface area contributed by atoms with E-state index in [0.717, 1.165) is 0 Å². The molecule has 0 aromatic heterocycles. The quantitative estimate of drug-likeness (QED) is 0.143. The number of rotatable bonds is 21. The van der Waals surface area contributed by atoms with Crippen LogP contribution in [0.25, 0.3) is 0 Å². The molecule has 1 rings (SSSR count). The fourth-order valence-electron chi connectivity index (χ4n) is 5.91. The Morgan fingerprint density at radius 1 is 0.306 bits per heavy atom. The standard InChI is InChI=1S/C33H69N3/c1-4-7-10-13-16-19-25-34-28-22-30-35(26-20-17-14-11-8-5-2)32-24-33-36(31-23-29-34)27-21-18-15-12-9-6-3/h4-33H2,1-3H3. The minimum absolute atomic E-state index is 1.32. The molecule has 0 unspecified atom stereocenters. The zero-order chi connectivity index (χ0) is 25.9. The molecular weight excluding hydrogens is 438 g/mol. The van der Waals surface area contributed by atoms with E-state index in [1.54, 1.807) is 0 Å². The van der Waals surface area contributed by atoms with E-state index in [-0.39, 0.29) is 0 Å². The molecule has 216 valence electrons. The van der Waals surface area contributed by atoms with Crippen LogP contribution in [-0.4, -0.2) is 73.6 Å². The Balaban J connectivity index is 2.48. The Hall–Kier alpha value is -0.120. The molecule has 1 aliphatic rings. The molecule has 1 saturated heterocycles. The van der Waals surface area contributed by atoms with Crippen LogP contribution >= 0.6 is 0 Å². The second-order valence-corrected chi connectivity index (χ2v) is 11.9. The van der Waals surface area contributed by atoms with Crippen molar-refractivity contribution < 1.29 is 0 Å². The molecule has 0 amide bonds. The van der Waals surface area contributed by atoms with Gasteiger partial charge in [0.2, 0.25) is 0 Å². The van der Waals surface area contributed by atoms with Gasteiger partial charge in [0.25, 0.3) is 0 Å². The minimum atomic E-state index is 1.32. The van der Waals surface area contributed by atoms with Gasteiger partial charge in [-0.3, -0.25) is 0 Å². The molecule has 1 fully saturated rings. The summed E-state index contributed by atoms with van der Waals surface area (Å²) < 4.78 is 0. The van der Waals surface area contributed by atoms with Gasteiger partial charge in [0, 0.05) is 0 Å². The van der Waals surface area contributed by atoms with E-state index in [9.17, 15) is 0 Å². The molecule has 0 spiro atoms. The lowest BCUT2D eigenvalue weighted by Gasteiger charge is -2.30. The highest BCUT2D eigenvalue weighted by molar-refractivity contribution is 4.69. The molecule has 0 aromatic carbocycles. The van der Waals surface area contributed by atoms with E-state index < -0.39 is 0 Å². The Kier molecular flexibility index (Phi) is 24.9. The summed E-state index contributed by atoms with van der Waals surface area (Å²) in [7, 11) is 0. The average Bonchev–Trinajstić information content (AvgIpc) is 2.88. The van der Waals surface area contributed by atoms with Crippen molar-refractivity contribution in [3.63, 3.8) is 0 Å². The molecule has 1 heterocycles. The van der Waals surface area contributed by atoms with Crippen LogP contribution in [0.5, 0.6) is 0 Å². The second-order valence-electron chi connectivity index (χ2n) is 11.9. The molecule has 0 aliphatic carbocycles. The molecule has 0 radical (unpaired) electrons. The fourth-order valence-corrected chi connectivity index (χ4v) is 5.91. The van der Waals surface area contributed by atoms with E-state index >= 15 is 0 Å². The number of unbranched alkanes of at least 4 members (excludes halogenated alkanes) is 15. The smallest absolute Gasteiger partial charge is 0.000654 e. The first kappa shape index (κ1) is 33.9. The number of hydrogen-bond acceptors (Lipinski definition) is 3. The van der Waals surface area contributed by atoms with Gasteiger partial charge in [0.1, 0.15) is 0 Å². The van der Waals surface area contributed by atoms with Crippen molar-refractivity contribution in [2.45, 2.75) is 156 Å². The highest BCUT2D eigenvalue weighted by Gasteiger charge is 2.13. The zero-order valence-corrected chi connectivity index (χ0v) is 25.6. The van der Waals surface area contributed by atoms with Gasteiger partial charge < -0.3 is 14.7 Å². The molecule has 3 heteroatoms. The van der Waals surface area contributed by atoms with Crippen LogP contribution in [0.2, 0.25) is 0 Å². The summed E-state index contributed by atoms with van der Waals surface area (Å²) in [5, 5.41) is 0. The Morgan fingerprint density at radius 2 is 0.528 bits per heavy atom. The van der Waals surface area contributed by atoms with Crippen LogP contribution in [0.1, 0.15) is 156 Å². The predicted molar refractivity (Wildman–Crippen MR) is 163 cm³/mol. The third-order valence-corrected chi connectivity index (χ3v) is 8.33. The summed E-state index contributed by atoms with van der Waals surface area (Å²) >= 11 is 0. The van der Waals surface area contributed by atoms with Crippen LogP contribution in [0.15, 0.2) is 0 Å². The van der Waals surface area contributed by atoms with Gasteiger partial charge in [0.15, 0.2) is 0 Å². The highest BCUT2D eigenvalue weighted by Crippen LogP contribution is 2.12. The van der Waals surface area contributed by atoms with E-state index in [1.165, 1.54) is 194 Å². The van der Waals surface area contributed by atoms with Crippen molar-refractivity contribution in [1.29, 1.82) is 0 Å². The summed E-state index contributed by atoms with van der Waals surface area (Å²) in [6.07, 6.45) is 29.6. The summed E-state index contributed by atoms with van der Waals surface area (Å²) in [4.78, 5) is 8.48. The SMILES string of the molecule is CCCCCCCCN1CCCN(CCCCCCCC)CCCN(CCCCCCCC)CCC1. The van der Waals surface area contributed by atoms with Gasteiger partial charge in [0.05, 0.1) is 0 Å². The second kappa shape index (κ2) is 26.5. The first-order valence-electron chi connectivity index (χ1n) is 17.0. The first-order valence-corrected chi connectivity index (χ1v) is 17.0. The molecule has 0 N–H and O–H groups in total. The van der Waals surface area contributed by atoms with Crippen molar-refractivity contribution in [3.8, 4) is 0 Å². The van der Waals surface area contributed by atoms with E-state index in [0.29, 0.717) is 0 Å². The third-order valence-electron chi connectivity index (χ3n) is 8.33. The van der Waals surface area contributed by atoms with E-state index in [2.05, 4.69) is 35.5 Å². The maximum atomic E-state index is 2.83. The molecular formula is C33H69N3. The predicted octanol–water partition coefficient (Wildman–Crippen LogP) is 9.16. The first-order chi connectivity index (χ1) is 17.8. The maximum absolute atomic E-state index is 2.83. The summed E-state index contributed by atoms with van der Waals surface area (Å²) in [6, 6.07) is 0. The zero-order valence-electron chi connectivity index (χ0n) is 25.6. The van der Waals surface area contributed by atoms with Gasteiger partial charge in [-0.25, -0.2) is 0 Å². The number of nitrogens with zero attached hydrogens (tertiary/aromatic N) is 3. The van der Waals surface area contributed by atoms with Crippen LogP contribution in [0, 0.1) is 0 Å². The maximum Gasteiger partial charge on any atom is -0.000654 e. The molecule has 0 atom stereocenters. The summed E-state index contributed by atoms with van der Waals surface area (Å²) in [5.41, 5.74) is 0. The largest absolute Gasteiger partial charge is 0.303 e.